The number of anilines is 6. The number of phosphoric acid groups is 6. The summed E-state index contributed by atoms with van der Waals surface area (Å²) in [4.78, 5) is 163. The number of nitrogens with two attached hydrogens (primary N) is 6. The predicted molar refractivity (Wildman–Crippen MR) is 401 cm³/mol. The Morgan fingerprint density at radius 2 is 0.582 bits per heavy atom. The molecule has 0 spiro atoms. The SMILES string of the molecule is N.Nc1ccn(C2CC(OP(=O)(O)OCC3OC(n4cnc5c(N)ncnc54)CC3OP(=O)(O)OCC3OC(n4ccc(N)nc4=O)CC3OP(=O)(O)OCC3OC(n4cnc5c(N)ncnc54)CC3OP(=O)(O)OCC3OC(n4ccc(N)nc4=O)CC3OP(=O)(O)OCC3OC(n4cnc5c(N)ncnc54)CC3O)C(COP(=O)(O)O)O2)c(=O)n1. The van der Waals surface area contributed by atoms with Gasteiger partial charge in [-0.15, -0.1) is 0 Å². The van der Waals surface area contributed by atoms with Crippen LogP contribution >= 0.6 is 46.9 Å². The highest BCUT2D eigenvalue weighted by Gasteiger charge is 2.52. The minimum Gasteiger partial charge on any atom is -0.390 e. The van der Waals surface area contributed by atoms with Crippen molar-refractivity contribution < 1.29 is 145 Å². The lowest BCUT2D eigenvalue weighted by molar-refractivity contribution is -0.0647. The van der Waals surface area contributed by atoms with Crippen LogP contribution in [0.1, 0.15) is 75.9 Å². The molecule has 664 valence electrons. The van der Waals surface area contributed by atoms with Gasteiger partial charge >= 0.3 is 64.0 Å². The van der Waals surface area contributed by atoms with E-state index in [1.807, 2.05) is 0 Å². The first-order valence-electron chi connectivity index (χ1n) is 35.7. The zero-order chi connectivity index (χ0) is 86.0. The first-order valence-corrected chi connectivity index (χ1v) is 44.7. The highest BCUT2D eigenvalue weighted by atomic mass is 31.2. The lowest BCUT2D eigenvalue weighted by Crippen LogP contribution is -2.32. The Labute approximate surface area is 680 Å². The topological polar surface area (TPSA) is 848 Å². The van der Waals surface area contributed by atoms with Crippen LogP contribution in [0, 0.1) is 0 Å². The third-order valence-corrected chi connectivity index (χ3v) is 25.0. The molecule has 122 heavy (non-hydrogen) atoms. The smallest absolute Gasteiger partial charge is 0.390 e. The van der Waals surface area contributed by atoms with Gasteiger partial charge in [0, 0.05) is 57.1 Å². The van der Waals surface area contributed by atoms with Crippen LogP contribution in [0.2, 0.25) is 0 Å². The van der Waals surface area contributed by atoms with Crippen molar-refractivity contribution in [1.82, 2.24) is 93.4 Å². The zero-order valence-electron chi connectivity index (χ0n) is 62.4. The van der Waals surface area contributed by atoms with E-state index in [0.717, 1.165) is 32.6 Å². The van der Waals surface area contributed by atoms with Crippen LogP contribution in [0.4, 0.5) is 34.9 Å². The number of imidazole rings is 3. The summed E-state index contributed by atoms with van der Waals surface area (Å²) in [6.07, 6.45) is -18.9. The molecule has 23 N–H and O–H groups in total. The van der Waals surface area contributed by atoms with Gasteiger partial charge in [0.25, 0.3) is 0 Å². The lowest BCUT2D eigenvalue weighted by atomic mass is 10.2. The van der Waals surface area contributed by atoms with E-state index >= 15 is 0 Å². The minimum atomic E-state index is -5.61. The van der Waals surface area contributed by atoms with E-state index in [1.165, 1.54) is 69.6 Å². The zero-order valence-corrected chi connectivity index (χ0v) is 67.8. The molecule has 59 nitrogen and oxygen atoms in total. The molecule has 0 bridgehead atoms. The quantitative estimate of drug-likeness (QED) is 0.0207. The first kappa shape index (κ1) is 89.7. The van der Waals surface area contributed by atoms with E-state index in [1.54, 1.807) is 0 Å². The van der Waals surface area contributed by atoms with Gasteiger partial charge in [-0.25, -0.2) is 86.6 Å². The van der Waals surface area contributed by atoms with Crippen molar-refractivity contribution in [1.29, 1.82) is 0 Å². The summed E-state index contributed by atoms with van der Waals surface area (Å²) in [7, 11) is -32.7. The molecule has 65 heteroatoms. The summed E-state index contributed by atoms with van der Waals surface area (Å²) in [5.41, 5.74) is 33.0. The fourth-order valence-corrected chi connectivity index (χ4v) is 19.0. The number of aromatic nitrogens is 18. The number of rotatable bonds is 34. The van der Waals surface area contributed by atoms with Crippen LogP contribution in [0.3, 0.4) is 0 Å². The molecular formula is C57H77N25O34P6. The molecule has 15 heterocycles. The molecule has 0 aliphatic carbocycles. The predicted octanol–water partition coefficient (Wildman–Crippen LogP) is -1.36. The van der Waals surface area contributed by atoms with Gasteiger partial charge in [0.1, 0.15) is 157 Å². The Morgan fingerprint density at radius 1 is 0.344 bits per heavy atom. The molecule has 0 saturated carbocycles. The Balaban J connectivity index is 0.0000121. The van der Waals surface area contributed by atoms with Crippen LogP contribution in [0.15, 0.2) is 89.1 Å². The summed E-state index contributed by atoms with van der Waals surface area (Å²) < 4.78 is 185. The number of nitrogen functional groups attached to an aromatic ring is 6. The van der Waals surface area contributed by atoms with E-state index in [0.29, 0.717) is 0 Å². The van der Waals surface area contributed by atoms with E-state index in [-0.39, 0.29) is 81.0 Å². The molecule has 15 rings (SSSR count). The molecule has 6 aliphatic rings. The van der Waals surface area contributed by atoms with E-state index in [9.17, 15) is 81.1 Å². The maximum absolute atomic E-state index is 14.5. The molecule has 6 saturated heterocycles. The minimum absolute atomic E-state index is 0. The standard InChI is InChI=1S/C57H74N24O34P6.H3N/c58-37-1-4-76(55(83)73-37)41-8-26(32(106-41)14-99-116(86,87)88)111-118(91,92)103-17-35-29(11-44(109-35)80-23-71-47-50(62)65-20-68-53(47)80)114-121(97,98)102-16-34-28(10-43(108-34)78-6-3-39(60)75-57(78)85)113-119(93,94)104-18-36-30(12-45(110-36)81-24-72-48-51(63)66-21-69-54(48)81)115-120(95,96)101-15-33-27(9-42(107-33)77-5-2-38(59)74-56(77)84)112-117(89,90)100-13-31-25(82)7-40(105-31)79-22-70-46-49(61)64-19-67-52(46)79;/h1-6,19-36,40-45,82H,7-18H2,(H,89,90)(H,91,92)(H,93,94)(H,95,96)(H,97,98)(H2,58,73,83)(H2,59,74,84)(H2,60,75,85)(H2,61,64,67)(H2,62,65,68)(H2,63,66,69)(H2,86,87,88);1H3. The first-order chi connectivity index (χ1) is 57.2. The largest absolute Gasteiger partial charge is 0.472 e. The van der Waals surface area contributed by atoms with Crippen molar-refractivity contribution in [2.24, 2.45) is 0 Å². The van der Waals surface area contributed by atoms with Gasteiger partial charge in [0.15, 0.2) is 34.4 Å². The summed E-state index contributed by atoms with van der Waals surface area (Å²) in [5, 5.41) is 11.0. The van der Waals surface area contributed by atoms with Crippen molar-refractivity contribution in [2.45, 2.75) is 149 Å². The monoisotopic (exact) mass is 1840 g/mol. The summed E-state index contributed by atoms with van der Waals surface area (Å²) in [5.74, 6) is -0.688. The number of aliphatic hydroxyl groups excluding tert-OH is 1. The van der Waals surface area contributed by atoms with Gasteiger partial charge in [-0.1, -0.05) is 0 Å². The average molecular weight is 1840 g/mol. The highest BCUT2D eigenvalue weighted by Crippen LogP contribution is 2.57. The summed E-state index contributed by atoms with van der Waals surface area (Å²) in [6, 6.07) is 3.64. The second-order valence-corrected chi connectivity index (χ2v) is 35.7. The van der Waals surface area contributed by atoms with E-state index in [4.69, 9.17) is 108 Å². The number of nitrogens with zero attached hydrogens (tertiary/aromatic N) is 18. The van der Waals surface area contributed by atoms with Gasteiger partial charge < -0.3 is 108 Å². The fourth-order valence-electron chi connectivity index (χ4n) is 13.9. The van der Waals surface area contributed by atoms with Gasteiger partial charge in [0.2, 0.25) is 0 Å². The van der Waals surface area contributed by atoms with Crippen LogP contribution in [-0.4, -0.2) is 239 Å². The Hall–Kier alpha value is -8.57. The Kier molecular flexibility index (Phi) is 26.3. The Morgan fingerprint density at radius 3 is 0.844 bits per heavy atom. The molecule has 23 atom stereocenters. The Bertz CT molecular complexity index is 5830. The van der Waals surface area contributed by atoms with Crippen LogP contribution < -0.4 is 57.6 Å². The van der Waals surface area contributed by atoms with Crippen LogP contribution in [0.25, 0.3) is 33.5 Å². The maximum atomic E-state index is 14.5. The van der Waals surface area contributed by atoms with Gasteiger partial charge in [-0.2, -0.15) is 15.0 Å². The maximum Gasteiger partial charge on any atom is 0.472 e. The molecule has 0 aromatic carbocycles. The van der Waals surface area contributed by atoms with Crippen LogP contribution in [0.5, 0.6) is 0 Å². The normalized spacial score (nSPS) is 29.4. The highest BCUT2D eigenvalue weighted by molar-refractivity contribution is 7.48. The molecule has 6 aliphatic heterocycles. The van der Waals surface area contributed by atoms with Gasteiger partial charge in [0.05, 0.1) is 64.7 Å². The molecule has 23 unspecified atom stereocenters. The van der Waals surface area contributed by atoms with Crippen molar-refractivity contribution >= 4 is 115 Å². The van der Waals surface area contributed by atoms with Crippen molar-refractivity contribution in [2.75, 3.05) is 74.0 Å². The lowest BCUT2D eigenvalue weighted by Gasteiger charge is -2.26. The number of hydrogen-bond acceptors (Lipinski definition) is 46. The van der Waals surface area contributed by atoms with E-state index in [2.05, 4.69) is 64.3 Å². The van der Waals surface area contributed by atoms with E-state index < -0.39 is 246 Å². The molecule has 0 amide bonds. The third kappa shape index (κ3) is 20.7. The van der Waals surface area contributed by atoms with Gasteiger partial charge in [-0.3, -0.25) is 77.2 Å². The molecular weight excluding hydrogens is 1760 g/mol. The summed E-state index contributed by atoms with van der Waals surface area (Å²) in [6.45, 7) is -5.98. The number of fused-ring (bicyclic) bond motifs is 3. The van der Waals surface area contributed by atoms with Gasteiger partial charge in [-0.05, 0) is 18.2 Å². The molecule has 9 aromatic rings. The second-order valence-electron chi connectivity index (χ2n) is 27.5. The van der Waals surface area contributed by atoms with Crippen molar-refractivity contribution in [3.05, 3.63) is 106 Å². The molecule has 9 aromatic heterocycles. The molecule has 6 fully saturated rings. The fraction of sp³-hybridized carbons (Fsp3) is 0.526. The summed E-state index contributed by atoms with van der Waals surface area (Å²) >= 11 is 0. The average Bonchev–Trinajstić information content (AvgIpc) is 1.63. The molecule has 0 radical (unpaired) electrons. The van der Waals surface area contributed by atoms with Crippen molar-refractivity contribution in [3.8, 4) is 0 Å². The third-order valence-electron chi connectivity index (χ3n) is 19.4. The van der Waals surface area contributed by atoms with Crippen molar-refractivity contribution in [3.63, 3.8) is 0 Å². The number of hydrogen-bond donors (Lipinski definition) is 15. The second kappa shape index (κ2) is 35.8. The number of phosphoric ester groups is 6. The number of ether oxygens (including phenoxy) is 6. The number of aliphatic hydroxyl groups is 1. The van der Waals surface area contributed by atoms with Crippen LogP contribution in [-0.2, 0) is 106 Å².